The van der Waals surface area contributed by atoms with Gasteiger partial charge in [-0.3, -0.25) is 4.79 Å². The van der Waals surface area contributed by atoms with Gasteiger partial charge in [0.15, 0.2) is 11.5 Å². The van der Waals surface area contributed by atoms with Crippen molar-refractivity contribution in [3.63, 3.8) is 0 Å². The van der Waals surface area contributed by atoms with Crippen molar-refractivity contribution in [2.45, 2.75) is 45.2 Å². The Balaban J connectivity index is 1.83. The highest BCUT2D eigenvalue weighted by atomic mass is 19.1. The van der Waals surface area contributed by atoms with Crippen LogP contribution in [0.5, 0.6) is 0 Å². The van der Waals surface area contributed by atoms with Gasteiger partial charge in [0, 0.05) is 23.7 Å². The first kappa shape index (κ1) is 14.8. The van der Waals surface area contributed by atoms with Crippen molar-refractivity contribution in [2.75, 3.05) is 0 Å². The lowest BCUT2D eigenvalue weighted by atomic mass is 9.97. The number of halogens is 1. The third-order valence-electron chi connectivity index (χ3n) is 4.29. The van der Waals surface area contributed by atoms with Crippen molar-refractivity contribution in [2.24, 2.45) is 0 Å². The van der Waals surface area contributed by atoms with Gasteiger partial charge in [-0.25, -0.2) is 4.39 Å². The molecule has 0 spiro atoms. The van der Waals surface area contributed by atoms with Crippen LogP contribution in [-0.4, -0.2) is 28.0 Å². The van der Waals surface area contributed by atoms with E-state index in [-0.39, 0.29) is 23.8 Å². The molecule has 1 aromatic carbocycles. The molecule has 1 saturated heterocycles. The summed E-state index contributed by atoms with van der Waals surface area (Å²) in [5.41, 5.74) is 1.01. The molecule has 0 aliphatic carbocycles. The van der Waals surface area contributed by atoms with Crippen LogP contribution >= 0.6 is 0 Å². The van der Waals surface area contributed by atoms with Crippen LogP contribution in [0.25, 0.3) is 11.3 Å². The van der Waals surface area contributed by atoms with E-state index >= 15 is 0 Å². The van der Waals surface area contributed by atoms with Crippen LogP contribution in [0, 0.1) is 5.82 Å². The summed E-state index contributed by atoms with van der Waals surface area (Å²) >= 11 is 0. The summed E-state index contributed by atoms with van der Waals surface area (Å²) in [6, 6.07) is 7.97. The van der Waals surface area contributed by atoms with Crippen LogP contribution in [0.1, 0.15) is 43.6 Å². The third-order valence-corrected chi connectivity index (χ3v) is 4.29. The smallest absolute Gasteiger partial charge is 0.276 e. The van der Waals surface area contributed by atoms with E-state index in [1.807, 2.05) is 4.90 Å². The molecule has 2 unspecified atom stereocenters. The zero-order valence-electron chi connectivity index (χ0n) is 12.8. The van der Waals surface area contributed by atoms with Crippen molar-refractivity contribution in [1.29, 1.82) is 0 Å². The molecule has 1 fully saturated rings. The number of carbonyl (C=O) groups excluding carboxylic acids is 1. The molecule has 116 valence electrons. The van der Waals surface area contributed by atoms with Crippen molar-refractivity contribution >= 4 is 5.91 Å². The van der Waals surface area contributed by atoms with Gasteiger partial charge in [-0.05, 0) is 57.4 Å². The Bertz CT molecular complexity index is 656. The van der Waals surface area contributed by atoms with Crippen molar-refractivity contribution < 1.29 is 13.7 Å². The number of hydrogen-bond donors (Lipinski definition) is 0. The van der Waals surface area contributed by atoms with Crippen LogP contribution in [0.3, 0.4) is 0 Å². The van der Waals surface area contributed by atoms with E-state index in [4.69, 9.17) is 4.52 Å². The molecule has 2 atom stereocenters. The normalized spacial score (nSPS) is 21.9. The standard InChI is InChI=1S/C17H19FN2O2/c1-11-4-3-5-12(2)20(11)17(21)15-10-16(22-19-15)13-6-8-14(18)9-7-13/h6-12H,3-5H2,1-2H3. The fourth-order valence-electron chi connectivity index (χ4n) is 3.08. The number of carbonyl (C=O) groups is 1. The topological polar surface area (TPSA) is 46.3 Å². The van der Waals surface area contributed by atoms with Gasteiger partial charge in [0.25, 0.3) is 5.91 Å². The van der Waals surface area contributed by atoms with E-state index in [2.05, 4.69) is 19.0 Å². The molecular formula is C17H19FN2O2. The number of amides is 1. The first-order valence-electron chi connectivity index (χ1n) is 7.61. The highest BCUT2D eigenvalue weighted by Crippen LogP contribution is 2.26. The molecule has 1 aliphatic rings. The number of hydrogen-bond acceptors (Lipinski definition) is 3. The predicted molar refractivity (Wildman–Crippen MR) is 80.8 cm³/mol. The first-order chi connectivity index (χ1) is 10.6. The van der Waals surface area contributed by atoms with Gasteiger partial charge in [0.05, 0.1) is 0 Å². The molecule has 5 heteroatoms. The Morgan fingerprint density at radius 2 is 1.86 bits per heavy atom. The average Bonchev–Trinajstić information content (AvgIpc) is 2.97. The minimum atomic E-state index is -0.310. The van der Waals surface area contributed by atoms with Gasteiger partial charge >= 0.3 is 0 Å². The molecule has 0 N–H and O–H groups in total. The molecule has 22 heavy (non-hydrogen) atoms. The molecule has 0 radical (unpaired) electrons. The first-order valence-corrected chi connectivity index (χ1v) is 7.61. The monoisotopic (exact) mass is 302 g/mol. The van der Waals surface area contributed by atoms with Crippen LogP contribution in [0.15, 0.2) is 34.9 Å². The minimum Gasteiger partial charge on any atom is -0.355 e. The van der Waals surface area contributed by atoms with Crippen LogP contribution in [-0.2, 0) is 0 Å². The second kappa shape index (κ2) is 5.91. The largest absolute Gasteiger partial charge is 0.355 e. The second-order valence-electron chi connectivity index (χ2n) is 5.92. The summed E-state index contributed by atoms with van der Waals surface area (Å²) in [4.78, 5) is 14.5. The van der Waals surface area contributed by atoms with Gasteiger partial charge in [-0.2, -0.15) is 0 Å². The van der Waals surface area contributed by atoms with Gasteiger partial charge in [0.1, 0.15) is 5.82 Å². The number of rotatable bonds is 2. The van der Waals surface area contributed by atoms with Gasteiger partial charge < -0.3 is 9.42 Å². The van der Waals surface area contributed by atoms with Gasteiger partial charge in [-0.15, -0.1) is 0 Å². The zero-order valence-corrected chi connectivity index (χ0v) is 12.8. The Hall–Kier alpha value is -2.17. The number of benzene rings is 1. The molecule has 2 heterocycles. The number of piperidine rings is 1. The lowest BCUT2D eigenvalue weighted by Crippen LogP contribution is -2.47. The van der Waals surface area contributed by atoms with E-state index in [9.17, 15) is 9.18 Å². The lowest BCUT2D eigenvalue weighted by molar-refractivity contribution is 0.0500. The fourth-order valence-corrected chi connectivity index (χ4v) is 3.08. The Labute approximate surface area is 128 Å². The molecule has 1 aromatic heterocycles. The molecule has 4 nitrogen and oxygen atoms in total. The summed E-state index contributed by atoms with van der Waals surface area (Å²) < 4.78 is 18.2. The van der Waals surface area contributed by atoms with Crippen molar-refractivity contribution in [1.82, 2.24) is 10.1 Å². The summed E-state index contributed by atoms with van der Waals surface area (Å²) in [6.45, 7) is 4.13. The number of nitrogens with zero attached hydrogens (tertiary/aromatic N) is 2. The Morgan fingerprint density at radius 1 is 1.23 bits per heavy atom. The molecule has 1 amide bonds. The highest BCUT2D eigenvalue weighted by molar-refractivity contribution is 5.93. The summed E-state index contributed by atoms with van der Waals surface area (Å²) in [5, 5.41) is 3.90. The molecule has 1 aliphatic heterocycles. The quantitative estimate of drug-likeness (QED) is 0.845. The van der Waals surface area contributed by atoms with E-state index in [0.717, 1.165) is 19.3 Å². The van der Waals surface area contributed by atoms with E-state index in [1.54, 1.807) is 18.2 Å². The third kappa shape index (κ3) is 2.75. The SMILES string of the molecule is CC1CCCC(C)N1C(=O)c1cc(-c2ccc(F)cc2)on1. The summed E-state index contributed by atoms with van der Waals surface area (Å²) in [7, 11) is 0. The van der Waals surface area contributed by atoms with E-state index < -0.39 is 0 Å². The van der Waals surface area contributed by atoms with Crippen LogP contribution in [0.4, 0.5) is 4.39 Å². The van der Waals surface area contributed by atoms with Crippen molar-refractivity contribution in [3.05, 3.63) is 41.8 Å². The second-order valence-corrected chi connectivity index (χ2v) is 5.92. The molecule has 2 aromatic rings. The Morgan fingerprint density at radius 3 is 2.50 bits per heavy atom. The molecule has 0 bridgehead atoms. The number of likely N-dealkylation sites (tertiary alicyclic amines) is 1. The maximum atomic E-state index is 13.0. The van der Waals surface area contributed by atoms with Gasteiger partial charge in [-0.1, -0.05) is 5.16 Å². The molecular weight excluding hydrogens is 283 g/mol. The van der Waals surface area contributed by atoms with Crippen LogP contribution in [0.2, 0.25) is 0 Å². The maximum Gasteiger partial charge on any atom is 0.276 e. The Kier molecular flexibility index (Phi) is 3.96. The van der Waals surface area contributed by atoms with Crippen molar-refractivity contribution in [3.8, 4) is 11.3 Å². The minimum absolute atomic E-state index is 0.100. The van der Waals surface area contributed by atoms with E-state index in [0.29, 0.717) is 17.0 Å². The molecule has 0 saturated carbocycles. The summed E-state index contributed by atoms with van der Waals surface area (Å²) in [5.74, 6) is 0.0630. The average molecular weight is 302 g/mol. The zero-order chi connectivity index (χ0) is 15.7. The maximum absolute atomic E-state index is 13.0. The summed E-state index contributed by atoms with van der Waals surface area (Å²) in [6.07, 6.45) is 3.17. The van der Waals surface area contributed by atoms with E-state index in [1.165, 1.54) is 12.1 Å². The fraction of sp³-hybridized carbons (Fsp3) is 0.412. The lowest BCUT2D eigenvalue weighted by Gasteiger charge is -2.38. The van der Waals surface area contributed by atoms with Gasteiger partial charge in [0.2, 0.25) is 0 Å². The molecule has 3 rings (SSSR count). The predicted octanol–water partition coefficient (Wildman–Crippen LogP) is 3.88. The van der Waals surface area contributed by atoms with Crippen LogP contribution < -0.4 is 0 Å². The highest BCUT2D eigenvalue weighted by Gasteiger charge is 2.31. The number of aromatic nitrogens is 1.